The normalized spacial score (nSPS) is 13.5. The second-order valence-electron chi connectivity index (χ2n) is 33.9. The second kappa shape index (κ2) is 28.4. The zero-order valence-corrected chi connectivity index (χ0v) is 69.2. The standard InChI is InChI=1S/C105H69B3F12N6/c1-52-36-55(4)94(56(5)37-52)61-42-88-97-90(44-61)123(102-74(113)26-16-27-75(102)114)84-50-86-68(48-66(84)106(97)64-20-10-12-34-82(64)121(88)100-70(109)22-14-23-71(100)110)108-69-49-67-85(51-87(69)126(105-80(119)32-19-33-81(105)120)93-47-63(96-59(8)40-54(3)41-60(96)9)46-92(99(93)108)125(86)104-78(117)30-18-31-79(104)118)124(103-76(115)28-17-29-77(103)116)91-45-62(95-57(6)38-53(2)39-58(95)7)43-89-98(91)107(67)65-21-11-13-35-83(65)122(89)101-72(111)24-15-25-73(101)112/h10-51H,1-9H3. The molecule has 6 aliphatic heterocycles. The van der Waals surface area contributed by atoms with Crippen LogP contribution in [0.5, 0.6) is 0 Å². The largest absolute Gasteiger partial charge is 0.306 e. The first-order chi connectivity index (χ1) is 60.7. The van der Waals surface area contributed by atoms with Crippen LogP contribution in [0.4, 0.5) is 155 Å². The van der Waals surface area contributed by atoms with E-state index in [1.54, 1.807) is 72.8 Å². The Bertz CT molecular complexity index is 6960. The molecule has 0 aliphatic carbocycles. The number of hydrogen-bond donors (Lipinski definition) is 0. The van der Waals surface area contributed by atoms with Gasteiger partial charge in [-0.25, -0.2) is 52.7 Å². The summed E-state index contributed by atoms with van der Waals surface area (Å²) in [7, 11) is 0. The van der Waals surface area contributed by atoms with E-state index in [1.165, 1.54) is 65.8 Å². The number of fused-ring (bicyclic) bond motifs is 12. The Morgan fingerprint density at radius 1 is 0.175 bits per heavy atom. The van der Waals surface area contributed by atoms with Crippen LogP contribution in [0.2, 0.25) is 0 Å². The molecule has 0 N–H and O–H groups in total. The highest BCUT2D eigenvalue weighted by atomic mass is 19.2. The van der Waals surface area contributed by atoms with Gasteiger partial charge < -0.3 is 29.4 Å². The maximum absolute atomic E-state index is 18.5. The van der Waals surface area contributed by atoms with Crippen LogP contribution >= 0.6 is 0 Å². The van der Waals surface area contributed by atoms with Gasteiger partial charge in [-0.1, -0.05) is 138 Å². The molecule has 16 aromatic carbocycles. The molecule has 0 atom stereocenters. The molecule has 612 valence electrons. The summed E-state index contributed by atoms with van der Waals surface area (Å²) in [6, 6.07) is 64.6. The van der Waals surface area contributed by atoms with Crippen LogP contribution < -0.4 is 78.6 Å². The maximum atomic E-state index is 18.5. The summed E-state index contributed by atoms with van der Waals surface area (Å²) in [5.41, 5.74) is 12.0. The van der Waals surface area contributed by atoms with E-state index in [-0.39, 0.29) is 73.3 Å². The van der Waals surface area contributed by atoms with Crippen LogP contribution in [0.3, 0.4) is 0 Å². The first-order valence-electron chi connectivity index (χ1n) is 41.5. The van der Waals surface area contributed by atoms with E-state index in [9.17, 15) is 0 Å². The second-order valence-corrected chi connectivity index (χ2v) is 33.9. The van der Waals surface area contributed by atoms with E-state index in [2.05, 4.69) is 0 Å². The summed E-state index contributed by atoms with van der Waals surface area (Å²) in [5, 5.41) is 0. The lowest BCUT2D eigenvalue weighted by Crippen LogP contribution is -2.67. The topological polar surface area (TPSA) is 19.4 Å². The Hall–Kier alpha value is -14.3. The highest BCUT2D eigenvalue weighted by molar-refractivity contribution is 7.04. The van der Waals surface area contributed by atoms with Crippen molar-refractivity contribution in [1.82, 2.24) is 0 Å². The van der Waals surface area contributed by atoms with Crippen molar-refractivity contribution in [3.63, 3.8) is 0 Å². The van der Waals surface area contributed by atoms with Crippen molar-refractivity contribution in [2.45, 2.75) is 62.3 Å². The lowest BCUT2D eigenvalue weighted by molar-refractivity contribution is 0.584. The molecule has 0 bridgehead atoms. The number of anilines is 18. The number of halogens is 12. The zero-order chi connectivity index (χ0) is 87.1. The minimum absolute atomic E-state index is 0.0262. The molecule has 126 heavy (non-hydrogen) atoms. The smallest absolute Gasteiger partial charge is 0.252 e. The molecule has 6 nitrogen and oxygen atoms in total. The van der Waals surface area contributed by atoms with Gasteiger partial charge in [0.25, 0.3) is 20.1 Å². The summed E-state index contributed by atoms with van der Waals surface area (Å²) in [4.78, 5) is 8.67. The van der Waals surface area contributed by atoms with Crippen molar-refractivity contribution in [2.75, 3.05) is 29.4 Å². The average molecular weight is 1680 g/mol. The Balaban J connectivity index is 0.930. The molecule has 0 unspecified atom stereocenters. The summed E-state index contributed by atoms with van der Waals surface area (Å²) in [5.74, 6) is -12.2. The molecule has 0 amide bonds. The number of hydrogen-bond acceptors (Lipinski definition) is 6. The Labute approximate surface area is 720 Å². The third-order valence-electron chi connectivity index (χ3n) is 26.1. The monoisotopic (exact) mass is 1670 g/mol. The van der Waals surface area contributed by atoms with Gasteiger partial charge in [-0.15, -0.1) is 0 Å². The first-order valence-corrected chi connectivity index (χ1v) is 41.5. The van der Waals surface area contributed by atoms with E-state index in [4.69, 9.17) is 0 Å². The van der Waals surface area contributed by atoms with Crippen LogP contribution in [0, 0.1) is 132 Å². The van der Waals surface area contributed by atoms with Gasteiger partial charge in [0.15, 0.2) is 0 Å². The van der Waals surface area contributed by atoms with Crippen LogP contribution in [-0.4, -0.2) is 20.1 Å². The summed E-state index contributed by atoms with van der Waals surface area (Å²) >= 11 is 0. The maximum Gasteiger partial charge on any atom is 0.252 e. The molecule has 0 fully saturated rings. The Kier molecular flexibility index (Phi) is 17.5. The minimum atomic E-state index is -1.32. The SMILES string of the molecule is Cc1cc(C)c(-c2cc3c4c(c2)N(c2c(F)cccc2F)c2cc5c(cc2B4c2ccccc2N3c2c(F)cccc2F)B2c3cc4c(cc3N(c3c(F)cccc3F)c3cc(-c6c(C)cc(C)cc6C)cc(c32)N5c2c(F)cccc2F)N(c2c(F)cccc2F)c2cc(-c3c(C)cc(C)cc3C)cc3c2B4c2ccccc2N3c2c(F)cccc2F)c(C)c1. The molecule has 0 saturated heterocycles. The van der Waals surface area contributed by atoms with E-state index in [0.29, 0.717) is 77.5 Å². The van der Waals surface area contributed by atoms with Crippen LogP contribution in [0.1, 0.15) is 50.1 Å². The molecule has 6 heterocycles. The van der Waals surface area contributed by atoms with Crippen molar-refractivity contribution in [1.29, 1.82) is 0 Å². The van der Waals surface area contributed by atoms with Gasteiger partial charge in [0.2, 0.25) is 0 Å². The molecule has 0 radical (unpaired) electrons. The molecular weight excluding hydrogens is 1610 g/mol. The van der Waals surface area contributed by atoms with Crippen molar-refractivity contribution < 1.29 is 52.7 Å². The van der Waals surface area contributed by atoms with E-state index >= 15 is 52.7 Å². The highest BCUT2D eigenvalue weighted by Gasteiger charge is 2.54. The Morgan fingerprint density at radius 3 is 0.563 bits per heavy atom. The van der Waals surface area contributed by atoms with Gasteiger partial charge in [0.1, 0.15) is 104 Å². The van der Waals surface area contributed by atoms with E-state index < -0.39 is 124 Å². The molecule has 22 rings (SSSR count). The fourth-order valence-electron chi connectivity index (χ4n) is 21.9. The lowest BCUT2D eigenvalue weighted by atomic mass is 9.29. The lowest BCUT2D eigenvalue weighted by Gasteiger charge is -2.48. The number of aryl methyl sites for hydroxylation is 9. The molecule has 0 aromatic heterocycles. The predicted molar refractivity (Wildman–Crippen MR) is 487 cm³/mol. The quantitative estimate of drug-likeness (QED) is 0.105. The molecule has 0 spiro atoms. The van der Waals surface area contributed by atoms with Gasteiger partial charge in [-0.2, -0.15) is 0 Å². The molecule has 6 aliphatic rings. The predicted octanol–water partition coefficient (Wildman–Crippen LogP) is 23.4. The fraction of sp³-hybridized carbons (Fsp3) is 0.0857. The van der Waals surface area contributed by atoms with E-state index in [0.717, 1.165) is 123 Å². The third kappa shape index (κ3) is 11.2. The molecule has 21 heteroatoms. The number of nitrogens with zero attached hydrogens (tertiary/aromatic N) is 6. The Morgan fingerprint density at radius 2 is 0.357 bits per heavy atom. The third-order valence-corrected chi connectivity index (χ3v) is 26.1. The summed E-state index contributed by atoms with van der Waals surface area (Å²) in [6.45, 7) is 13.9. The zero-order valence-electron chi connectivity index (χ0n) is 69.2. The van der Waals surface area contributed by atoms with Gasteiger partial charge in [0.05, 0.1) is 0 Å². The summed E-state index contributed by atoms with van der Waals surface area (Å²) < 4.78 is 217. The average Bonchev–Trinajstić information content (AvgIpc) is 0.674. The molecular formula is C105H69B3F12N6. The minimum Gasteiger partial charge on any atom is -0.306 e. The number of benzene rings is 16. The summed E-state index contributed by atoms with van der Waals surface area (Å²) in [6.07, 6.45) is 0. The van der Waals surface area contributed by atoms with Gasteiger partial charge in [-0.3, -0.25) is 0 Å². The first kappa shape index (κ1) is 77.7. The van der Waals surface area contributed by atoms with Gasteiger partial charge >= 0.3 is 0 Å². The van der Waals surface area contributed by atoms with Crippen molar-refractivity contribution >= 4 is 172 Å². The van der Waals surface area contributed by atoms with Gasteiger partial charge in [-0.05, 0) is 312 Å². The fourth-order valence-corrected chi connectivity index (χ4v) is 21.9. The number of para-hydroxylation sites is 8. The van der Waals surface area contributed by atoms with Crippen molar-refractivity contribution in [2.24, 2.45) is 0 Å². The van der Waals surface area contributed by atoms with Crippen molar-refractivity contribution in [3.05, 3.63) is 375 Å². The van der Waals surface area contributed by atoms with E-state index in [1.807, 2.05) is 135 Å². The number of rotatable bonds is 9. The van der Waals surface area contributed by atoms with Gasteiger partial charge in [0, 0.05) is 68.2 Å². The van der Waals surface area contributed by atoms with Crippen molar-refractivity contribution in [3.8, 4) is 33.4 Å². The van der Waals surface area contributed by atoms with Crippen LogP contribution in [0.15, 0.2) is 255 Å². The van der Waals surface area contributed by atoms with Crippen LogP contribution in [0.25, 0.3) is 33.4 Å². The molecule has 0 saturated carbocycles. The van der Waals surface area contributed by atoms with Crippen LogP contribution in [-0.2, 0) is 0 Å². The highest BCUT2D eigenvalue weighted by Crippen LogP contribution is 2.57. The molecule has 16 aromatic rings.